The molecule has 1 aromatic carbocycles. The summed E-state index contributed by atoms with van der Waals surface area (Å²) in [5.74, 6) is 0. The number of nitro benzene ring substituents is 1. The Labute approximate surface area is 110 Å². The molecule has 0 atom stereocenters. The minimum absolute atomic E-state index is 0.301. The molecule has 0 unspecified atom stereocenters. The molecule has 0 saturated heterocycles. The highest BCUT2D eigenvalue weighted by molar-refractivity contribution is 7.89. The Balaban J connectivity index is 2.49. The van der Waals surface area contributed by atoms with Crippen molar-refractivity contribution < 1.29 is 18.4 Å². The maximum absolute atomic E-state index is 12.3. The van der Waals surface area contributed by atoms with E-state index in [9.17, 15) is 18.5 Å². The zero-order valence-electron chi connectivity index (χ0n) is 10.3. The Morgan fingerprint density at radius 2 is 2.11 bits per heavy atom. The van der Waals surface area contributed by atoms with Crippen molar-refractivity contribution in [2.45, 2.75) is 30.2 Å². The van der Waals surface area contributed by atoms with Gasteiger partial charge in [-0.25, -0.2) is 13.1 Å². The first-order valence-corrected chi connectivity index (χ1v) is 7.18. The average molecular weight is 286 g/mol. The van der Waals surface area contributed by atoms with Crippen molar-refractivity contribution in [3.05, 3.63) is 33.9 Å². The summed E-state index contributed by atoms with van der Waals surface area (Å²) in [7, 11) is -4.03. The molecule has 0 bridgehead atoms. The molecule has 0 amide bonds. The lowest BCUT2D eigenvalue weighted by atomic mass is 10.2. The molecular formula is C11H14N2O5S. The summed E-state index contributed by atoms with van der Waals surface area (Å²) < 4.78 is 26.9. The molecule has 1 aliphatic rings. The number of aliphatic hydroxyl groups excluding tert-OH is 1. The van der Waals surface area contributed by atoms with E-state index in [-0.39, 0.29) is 11.5 Å². The first kappa shape index (κ1) is 13.9. The van der Waals surface area contributed by atoms with Crippen LogP contribution in [0.4, 0.5) is 5.69 Å². The molecule has 2 N–H and O–H groups in total. The Bertz CT molecular complexity index is 622. The van der Waals surface area contributed by atoms with E-state index in [1.54, 1.807) is 0 Å². The summed E-state index contributed by atoms with van der Waals surface area (Å²) in [6, 6.07) is 4.09. The van der Waals surface area contributed by atoms with Gasteiger partial charge < -0.3 is 5.11 Å². The van der Waals surface area contributed by atoms with Crippen LogP contribution in [0.25, 0.3) is 0 Å². The summed E-state index contributed by atoms with van der Waals surface area (Å²) in [5.41, 5.74) is -1.01. The Morgan fingerprint density at radius 3 is 2.58 bits per heavy atom. The van der Waals surface area contributed by atoms with Crippen LogP contribution in [0.1, 0.15) is 18.4 Å². The fourth-order valence-corrected chi connectivity index (χ4v) is 3.76. The molecule has 19 heavy (non-hydrogen) atoms. The van der Waals surface area contributed by atoms with Crippen molar-refractivity contribution in [1.82, 2.24) is 4.72 Å². The highest BCUT2D eigenvalue weighted by Gasteiger charge is 2.46. The van der Waals surface area contributed by atoms with Crippen molar-refractivity contribution in [2.24, 2.45) is 0 Å². The summed E-state index contributed by atoms with van der Waals surface area (Å²) in [6.45, 7) is 1.19. The molecule has 0 aliphatic heterocycles. The highest BCUT2D eigenvalue weighted by atomic mass is 32.2. The zero-order valence-corrected chi connectivity index (χ0v) is 11.1. The predicted octanol–water partition coefficient (Wildman–Crippen LogP) is 0.706. The van der Waals surface area contributed by atoms with Crippen LogP contribution in [0.5, 0.6) is 0 Å². The van der Waals surface area contributed by atoms with E-state index in [0.29, 0.717) is 18.4 Å². The van der Waals surface area contributed by atoms with Gasteiger partial charge in [-0.2, -0.15) is 0 Å². The number of hydrogen-bond donors (Lipinski definition) is 2. The van der Waals surface area contributed by atoms with Gasteiger partial charge in [0.25, 0.3) is 5.69 Å². The molecule has 0 heterocycles. The molecule has 7 nitrogen and oxygen atoms in total. The molecule has 1 saturated carbocycles. The fraction of sp³-hybridized carbons (Fsp3) is 0.455. The van der Waals surface area contributed by atoms with Gasteiger partial charge in [0.2, 0.25) is 10.0 Å². The van der Waals surface area contributed by atoms with Gasteiger partial charge in [-0.3, -0.25) is 10.1 Å². The van der Waals surface area contributed by atoms with Gasteiger partial charge in [-0.1, -0.05) is 12.1 Å². The third-order valence-corrected chi connectivity index (χ3v) is 4.93. The van der Waals surface area contributed by atoms with Crippen LogP contribution in [0.2, 0.25) is 0 Å². The standard InChI is InChI=1S/C11H14N2O5S/c1-8-3-2-4-9(13(15)16)10(8)19(17,18)12-11(7-14)5-6-11/h2-4,12,14H,5-7H2,1H3. The third kappa shape index (κ3) is 2.60. The van der Waals surface area contributed by atoms with Gasteiger partial charge in [0, 0.05) is 6.07 Å². The smallest absolute Gasteiger partial charge is 0.289 e. The molecule has 0 spiro atoms. The Morgan fingerprint density at radius 1 is 1.47 bits per heavy atom. The number of aliphatic hydroxyl groups is 1. The molecule has 2 rings (SSSR count). The molecule has 0 aromatic heterocycles. The van der Waals surface area contributed by atoms with E-state index in [4.69, 9.17) is 5.11 Å². The van der Waals surface area contributed by atoms with Crippen LogP contribution in [-0.2, 0) is 10.0 Å². The lowest BCUT2D eigenvalue weighted by Crippen LogP contribution is -2.40. The maximum Gasteiger partial charge on any atom is 0.289 e. The number of nitrogens with one attached hydrogen (secondary N) is 1. The number of nitro groups is 1. The summed E-state index contributed by atoms with van der Waals surface area (Å²) >= 11 is 0. The molecule has 104 valence electrons. The zero-order chi connectivity index (χ0) is 14.3. The van der Waals surface area contributed by atoms with Crippen molar-refractivity contribution in [3.63, 3.8) is 0 Å². The first-order chi connectivity index (χ1) is 8.81. The summed E-state index contributed by atoms with van der Waals surface area (Å²) in [4.78, 5) is 9.88. The monoisotopic (exact) mass is 286 g/mol. The molecule has 0 radical (unpaired) electrons. The van der Waals surface area contributed by atoms with Crippen molar-refractivity contribution in [3.8, 4) is 0 Å². The first-order valence-electron chi connectivity index (χ1n) is 5.70. The lowest BCUT2D eigenvalue weighted by molar-refractivity contribution is -0.387. The van der Waals surface area contributed by atoms with Crippen LogP contribution in [0, 0.1) is 17.0 Å². The number of benzene rings is 1. The maximum atomic E-state index is 12.3. The number of aryl methyl sites for hydroxylation is 1. The van der Waals surface area contributed by atoms with Gasteiger partial charge in [0.15, 0.2) is 4.90 Å². The summed E-state index contributed by atoms with van der Waals surface area (Å²) in [6.07, 6.45) is 1.06. The van der Waals surface area contributed by atoms with Crippen LogP contribution >= 0.6 is 0 Å². The predicted molar refractivity (Wildman–Crippen MR) is 67.2 cm³/mol. The van der Waals surface area contributed by atoms with E-state index in [1.165, 1.54) is 19.1 Å². The van der Waals surface area contributed by atoms with E-state index in [1.807, 2.05) is 0 Å². The number of nitrogens with zero attached hydrogens (tertiary/aromatic N) is 1. The molecule has 1 fully saturated rings. The van der Waals surface area contributed by atoms with Gasteiger partial charge in [0.1, 0.15) is 0 Å². The quantitative estimate of drug-likeness (QED) is 0.612. The lowest BCUT2D eigenvalue weighted by Gasteiger charge is -2.15. The van der Waals surface area contributed by atoms with Crippen molar-refractivity contribution in [2.75, 3.05) is 6.61 Å². The van der Waals surface area contributed by atoms with Crippen molar-refractivity contribution >= 4 is 15.7 Å². The second-order valence-electron chi connectivity index (χ2n) is 4.72. The van der Waals surface area contributed by atoms with E-state index >= 15 is 0 Å². The molecule has 1 aromatic rings. The van der Waals surface area contributed by atoms with Crippen molar-refractivity contribution in [1.29, 1.82) is 0 Å². The van der Waals surface area contributed by atoms with Gasteiger partial charge in [0.05, 0.1) is 17.1 Å². The molecule has 8 heteroatoms. The number of sulfonamides is 1. The Hall–Kier alpha value is -1.51. The van der Waals surface area contributed by atoms with E-state index in [2.05, 4.69) is 4.72 Å². The van der Waals surface area contributed by atoms with Crippen LogP contribution in [0.15, 0.2) is 23.1 Å². The summed E-state index contributed by atoms with van der Waals surface area (Å²) in [5, 5.41) is 20.1. The van der Waals surface area contributed by atoms with Gasteiger partial charge in [-0.15, -0.1) is 0 Å². The van der Waals surface area contributed by atoms with Gasteiger partial charge in [-0.05, 0) is 25.3 Å². The minimum atomic E-state index is -4.03. The van der Waals surface area contributed by atoms with Crippen LogP contribution in [-0.4, -0.2) is 30.6 Å². The number of rotatable bonds is 5. The second kappa shape index (κ2) is 4.55. The fourth-order valence-electron chi connectivity index (χ4n) is 1.91. The SMILES string of the molecule is Cc1cccc([N+](=O)[O-])c1S(=O)(=O)NC1(CO)CC1. The average Bonchev–Trinajstić information content (AvgIpc) is 3.08. The van der Waals surface area contributed by atoms with Crippen LogP contribution in [0.3, 0.4) is 0 Å². The topological polar surface area (TPSA) is 110 Å². The second-order valence-corrected chi connectivity index (χ2v) is 6.34. The van der Waals surface area contributed by atoms with Crippen LogP contribution < -0.4 is 4.72 Å². The largest absolute Gasteiger partial charge is 0.394 e. The highest BCUT2D eigenvalue weighted by Crippen LogP contribution is 2.37. The van der Waals surface area contributed by atoms with E-state index < -0.39 is 26.2 Å². The normalized spacial score (nSPS) is 17.2. The third-order valence-electron chi connectivity index (χ3n) is 3.16. The Kier molecular flexibility index (Phi) is 3.33. The van der Waals surface area contributed by atoms with E-state index in [0.717, 1.165) is 6.07 Å². The van der Waals surface area contributed by atoms with Gasteiger partial charge >= 0.3 is 0 Å². The molecular weight excluding hydrogens is 272 g/mol. The number of hydrogen-bond acceptors (Lipinski definition) is 5. The molecule has 1 aliphatic carbocycles. The minimum Gasteiger partial charge on any atom is -0.394 e.